The molecular weight excluding hydrogens is 310 g/mol. The first-order valence-electron chi connectivity index (χ1n) is 9.42. The average molecular weight is 341 g/mol. The monoisotopic (exact) mass is 341 g/mol. The predicted molar refractivity (Wildman–Crippen MR) is 104 cm³/mol. The Kier molecular flexibility index (Phi) is 9.57. The molecule has 0 atom stereocenters. The Morgan fingerprint density at radius 1 is 0.680 bits per heavy atom. The second-order valence-corrected chi connectivity index (χ2v) is 6.32. The number of benzene rings is 2. The third-order valence-electron chi connectivity index (χ3n) is 4.16. The fourth-order valence-corrected chi connectivity index (χ4v) is 2.67. The number of hydrogen-bond donors (Lipinski definition) is 1. The quantitative estimate of drug-likeness (QED) is 0.508. The summed E-state index contributed by atoms with van der Waals surface area (Å²) < 4.78 is 11.6. The number of rotatable bonds is 13. The van der Waals surface area contributed by atoms with Crippen LogP contribution in [0.3, 0.4) is 0 Å². The minimum atomic E-state index is 0.593. The summed E-state index contributed by atoms with van der Waals surface area (Å²) in [5, 5.41) is 3.19. The molecule has 3 nitrogen and oxygen atoms in total. The Labute approximate surface area is 152 Å². The van der Waals surface area contributed by atoms with E-state index in [-0.39, 0.29) is 0 Å². The molecule has 0 aromatic heterocycles. The molecule has 0 amide bonds. The lowest BCUT2D eigenvalue weighted by molar-refractivity contribution is 0.296. The summed E-state index contributed by atoms with van der Waals surface area (Å²) in [6, 6.07) is 18.1. The van der Waals surface area contributed by atoms with Gasteiger partial charge in [-0.3, -0.25) is 0 Å². The third-order valence-corrected chi connectivity index (χ3v) is 4.16. The molecule has 0 aliphatic rings. The maximum atomic E-state index is 5.80. The maximum Gasteiger partial charge on any atom is 0.120 e. The summed E-state index contributed by atoms with van der Waals surface area (Å²) in [7, 11) is 2.01. The van der Waals surface area contributed by atoms with Crippen LogP contribution >= 0.6 is 0 Å². The van der Waals surface area contributed by atoms with Gasteiger partial charge in [-0.15, -0.1) is 0 Å². The lowest BCUT2D eigenvalue weighted by Crippen LogP contribution is -2.06. The first-order valence-corrected chi connectivity index (χ1v) is 9.42. The van der Waals surface area contributed by atoms with Gasteiger partial charge in [-0.1, -0.05) is 56.0 Å². The van der Waals surface area contributed by atoms with Crippen molar-refractivity contribution < 1.29 is 9.47 Å². The van der Waals surface area contributed by atoms with Gasteiger partial charge in [0.05, 0.1) is 6.61 Å². The van der Waals surface area contributed by atoms with E-state index in [4.69, 9.17) is 9.47 Å². The smallest absolute Gasteiger partial charge is 0.120 e. The van der Waals surface area contributed by atoms with E-state index in [9.17, 15) is 0 Å². The van der Waals surface area contributed by atoms with Crippen LogP contribution in [0.4, 0.5) is 0 Å². The Hall–Kier alpha value is -2.00. The van der Waals surface area contributed by atoms with Crippen LogP contribution in [0.15, 0.2) is 54.6 Å². The third kappa shape index (κ3) is 8.59. The van der Waals surface area contributed by atoms with Crippen molar-refractivity contribution in [2.75, 3.05) is 20.2 Å². The molecule has 0 aliphatic heterocycles. The van der Waals surface area contributed by atoms with Crippen molar-refractivity contribution in [2.24, 2.45) is 0 Å². The fraction of sp³-hybridized carbons (Fsp3) is 0.455. The minimum Gasteiger partial charge on any atom is -0.494 e. The zero-order valence-corrected chi connectivity index (χ0v) is 15.4. The molecule has 0 heterocycles. The SMILES string of the molecule is CNCCCCCCCCOc1ccc(OCc2ccccc2)cc1. The van der Waals surface area contributed by atoms with Crippen molar-refractivity contribution in [1.82, 2.24) is 5.32 Å². The fourth-order valence-electron chi connectivity index (χ4n) is 2.67. The summed E-state index contributed by atoms with van der Waals surface area (Å²) in [5.41, 5.74) is 1.17. The van der Waals surface area contributed by atoms with Gasteiger partial charge in [-0.05, 0) is 56.3 Å². The minimum absolute atomic E-state index is 0.593. The highest BCUT2D eigenvalue weighted by atomic mass is 16.5. The van der Waals surface area contributed by atoms with Gasteiger partial charge >= 0.3 is 0 Å². The Balaban J connectivity index is 1.54. The highest BCUT2D eigenvalue weighted by molar-refractivity contribution is 5.31. The van der Waals surface area contributed by atoms with Crippen LogP contribution in [0.5, 0.6) is 11.5 Å². The number of unbranched alkanes of at least 4 members (excludes halogenated alkanes) is 5. The molecular formula is C22H31NO2. The Morgan fingerprint density at radius 2 is 1.28 bits per heavy atom. The van der Waals surface area contributed by atoms with Crippen molar-refractivity contribution in [3.63, 3.8) is 0 Å². The number of hydrogen-bond acceptors (Lipinski definition) is 3. The zero-order valence-electron chi connectivity index (χ0n) is 15.4. The van der Waals surface area contributed by atoms with Crippen molar-refractivity contribution in [3.8, 4) is 11.5 Å². The van der Waals surface area contributed by atoms with Gasteiger partial charge in [0.2, 0.25) is 0 Å². The summed E-state index contributed by atoms with van der Waals surface area (Å²) >= 11 is 0. The molecule has 0 fully saturated rings. The van der Waals surface area contributed by atoms with Gasteiger partial charge in [0, 0.05) is 0 Å². The largest absolute Gasteiger partial charge is 0.494 e. The topological polar surface area (TPSA) is 30.5 Å². The van der Waals surface area contributed by atoms with Crippen molar-refractivity contribution in [3.05, 3.63) is 60.2 Å². The summed E-state index contributed by atoms with van der Waals surface area (Å²) in [5.74, 6) is 1.79. The van der Waals surface area contributed by atoms with Gasteiger partial charge < -0.3 is 14.8 Å². The molecule has 2 aromatic rings. The van der Waals surface area contributed by atoms with Crippen LogP contribution in [0.2, 0.25) is 0 Å². The summed E-state index contributed by atoms with van der Waals surface area (Å²) in [4.78, 5) is 0. The van der Waals surface area contributed by atoms with E-state index >= 15 is 0 Å². The first-order chi connectivity index (χ1) is 12.4. The van der Waals surface area contributed by atoms with Gasteiger partial charge in [-0.2, -0.15) is 0 Å². The van der Waals surface area contributed by atoms with E-state index in [1.54, 1.807) is 0 Å². The van der Waals surface area contributed by atoms with Crippen molar-refractivity contribution >= 4 is 0 Å². The molecule has 0 bridgehead atoms. The first kappa shape index (κ1) is 19.3. The lowest BCUT2D eigenvalue weighted by atomic mass is 10.1. The highest BCUT2D eigenvalue weighted by Gasteiger charge is 1.98. The predicted octanol–water partition coefficient (Wildman–Crippen LogP) is 5.20. The molecule has 3 heteroatoms. The molecule has 0 saturated carbocycles. The van der Waals surface area contributed by atoms with E-state index in [1.165, 1.54) is 37.7 Å². The Bertz CT molecular complexity index is 554. The van der Waals surface area contributed by atoms with E-state index in [0.29, 0.717) is 6.61 Å². The van der Waals surface area contributed by atoms with E-state index in [0.717, 1.165) is 31.1 Å². The molecule has 0 radical (unpaired) electrons. The molecule has 2 aromatic carbocycles. The molecule has 0 saturated heterocycles. The van der Waals surface area contributed by atoms with Gasteiger partial charge in [0.15, 0.2) is 0 Å². The second-order valence-electron chi connectivity index (χ2n) is 6.32. The summed E-state index contributed by atoms with van der Waals surface area (Å²) in [6.07, 6.45) is 7.61. The number of ether oxygens (including phenoxy) is 2. The van der Waals surface area contributed by atoms with Crippen LogP contribution in [-0.2, 0) is 6.61 Å². The Morgan fingerprint density at radius 3 is 1.96 bits per heavy atom. The van der Waals surface area contributed by atoms with Crippen molar-refractivity contribution in [2.45, 2.75) is 45.1 Å². The molecule has 0 unspecified atom stereocenters. The lowest BCUT2D eigenvalue weighted by Gasteiger charge is -2.09. The molecule has 1 N–H and O–H groups in total. The van der Waals surface area contributed by atoms with Gasteiger partial charge in [-0.25, -0.2) is 0 Å². The molecule has 0 aliphatic carbocycles. The van der Waals surface area contributed by atoms with Gasteiger partial charge in [0.1, 0.15) is 18.1 Å². The second kappa shape index (κ2) is 12.4. The summed E-state index contributed by atoms with van der Waals surface area (Å²) in [6.45, 7) is 2.52. The van der Waals surface area contributed by atoms with E-state index < -0.39 is 0 Å². The van der Waals surface area contributed by atoms with Crippen LogP contribution in [0, 0.1) is 0 Å². The van der Waals surface area contributed by atoms with E-state index in [2.05, 4.69) is 17.4 Å². The maximum absolute atomic E-state index is 5.80. The number of nitrogens with one attached hydrogen (secondary N) is 1. The van der Waals surface area contributed by atoms with Crippen LogP contribution in [0.1, 0.15) is 44.1 Å². The van der Waals surface area contributed by atoms with Crippen LogP contribution in [0.25, 0.3) is 0 Å². The van der Waals surface area contributed by atoms with Crippen molar-refractivity contribution in [1.29, 1.82) is 0 Å². The normalized spacial score (nSPS) is 10.6. The van der Waals surface area contributed by atoms with E-state index in [1.807, 2.05) is 49.5 Å². The molecule has 2 rings (SSSR count). The average Bonchev–Trinajstić information content (AvgIpc) is 2.67. The zero-order chi connectivity index (χ0) is 17.6. The standard InChI is InChI=1S/C22H31NO2/c1-23-17-9-4-2-3-5-10-18-24-21-13-15-22(16-14-21)25-19-20-11-7-6-8-12-20/h6-8,11-16,23H,2-5,9-10,17-19H2,1H3. The van der Waals surface area contributed by atoms with Crippen LogP contribution in [-0.4, -0.2) is 20.2 Å². The van der Waals surface area contributed by atoms with Crippen LogP contribution < -0.4 is 14.8 Å². The molecule has 136 valence electrons. The molecule has 25 heavy (non-hydrogen) atoms. The van der Waals surface area contributed by atoms with Gasteiger partial charge in [0.25, 0.3) is 0 Å². The highest BCUT2D eigenvalue weighted by Crippen LogP contribution is 2.19. The molecule has 0 spiro atoms.